The Bertz CT molecular complexity index is 2350. The van der Waals surface area contributed by atoms with Crippen molar-refractivity contribution in [1.82, 2.24) is 15.6 Å². The fraction of sp³-hybridized carbons (Fsp3) is 0.262. The molecule has 14 heteroatoms. The molecule has 3 N–H and O–H groups in total. The highest BCUT2D eigenvalue weighted by Crippen LogP contribution is 2.43. The quantitative estimate of drug-likeness (QED) is 0.125. The van der Waals surface area contributed by atoms with E-state index in [4.69, 9.17) is 37.4 Å². The van der Waals surface area contributed by atoms with Crippen LogP contribution in [0.5, 0.6) is 5.75 Å². The monoisotopic (exact) mass is 814 g/mol. The molecule has 0 aliphatic carbocycles. The van der Waals surface area contributed by atoms with Gasteiger partial charge in [0.15, 0.2) is 5.69 Å². The molecule has 5 aromatic rings. The lowest BCUT2D eigenvalue weighted by Gasteiger charge is -2.20. The summed E-state index contributed by atoms with van der Waals surface area (Å²) in [5, 5.41) is 11.5. The summed E-state index contributed by atoms with van der Waals surface area (Å²) in [4.78, 5) is 58.9. The van der Waals surface area contributed by atoms with Gasteiger partial charge in [-0.25, -0.2) is 14.6 Å². The number of nitrogens with one attached hydrogen (secondary N) is 3. The highest BCUT2D eigenvalue weighted by Gasteiger charge is 2.28. The summed E-state index contributed by atoms with van der Waals surface area (Å²) in [5.74, 6) is -1.30. The average Bonchev–Trinajstić information content (AvgIpc) is 3.55. The Morgan fingerprint density at radius 1 is 0.875 bits per heavy atom. The first-order valence-corrected chi connectivity index (χ1v) is 19.3. The SMILES string of the molecule is COC(=O)c1nc(C(=O)NCc2cc(Cl)ccc2Cl)ccc1-c1cc2c(cc1C(=O)Nc1c(C)cc(CNC(=O)OC(C)(C)C)cc1C)-c1sccc1CCO2. The van der Waals surface area contributed by atoms with E-state index in [2.05, 4.69) is 20.9 Å². The number of carbonyl (C=O) groups excluding carboxylic acids is 4. The molecule has 0 spiro atoms. The fourth-order valence-corrected chi connectivity index (χ4v) is 7.70. The van der Waals surface area contributed by atoms with Crippen LogP contribution in [0.2, 0.25) is 10.0 Å². The van der Waals surface area contributed by atoms with Crippen molar-refractivity contribution in [2.45, 2.75) is 59.7 Å². The number of esters is 1. The molecule has 0 atom stereocenters. The lowest BCUT2D eigenvalue weighted by atomic mass is 9.93. The molecule has 0 saturated carbocycles. The van der Waals surface area contributed by atoms with Gasteiger partial charge in [0.25, 0.3) is 11.8 Å². The Kier molecular flexibility index (Phi) is 12.0. The standard InChI is InChI=1S/C42H40Cl2N4O7S/c1-22-15-24(20-46-41(52)55-42(3,4)5)16-23(2)35(22)48-38(49)30-18-31-34(54-13-11-25-12-14-56-37(25)31)19-29(30)28-8-10-33(47-36(28)40(51)53-6)39(50)45-21-26-17-27(43)7-9-32(26)44/h7-10,12,14-19H,11,13,20-21H2,1-6H3,(H,45,50)(H,46,52)(H,48,49). The van der Waals surface area contributed by atoms with Gasteiger partial charge >= 0.3 is 12.1 Å². The van der Waals surface area contributed by atoms with Gasteiger partial charge in [0, 0.05) is 62.4 Å². The normalized spacial score (nSPS) is 12.0. The lowest BCUT2D eigenvalue weighted by Crippen LogP contribution is -2.32. The summed E-state index contributed by atoms with van der Waals surface area (Å²) in [6.07, 6.45) is 0.146. The molecule has 11 nitrogen and oxygen atoms in total. The summed E-state index contributed by atoms with van der Waals surface area (Å²) in [6, 6.07) is 17.3. The molecular formula is C42H40Cl2N4O7S. The van der Waals surface area contributed by atoms with Gasteiger partial charge in [0.1, 0.15) is 17.0 Å². The third-order valence-electron chi connectivity index (χ3n) is 8.90. The Morgan fingerprint density at radius 3 is 2.34 bits per heavy atom. The molecule has 0 bridgehead atoms. The zero-order chi connectivity index (χ0) is 40.3. The van der Waals surface area contributed by atoms with Gasteiger partial charge in [-0.3, -0.25) is 9.59 Å². The Hall–Kier alpha value is -5.43. The van der Waals surface area contributed by atoms with Crippen LogP contribution in [0.25, 0.3) is 21.6 Å². The summed E-state index contributed by atoms with van der Waals surface area (Å²) in [5.41, 5.74) is 5.37. The van der Waals surface area contributed by atoms with E-state index in [1.165, 1.54) is 13.2 Å². The van der Waals surface area contributed by atoms with Gasteiger partial charge in [-0.1, -0.05) is 35.3 Å². The van der Waals surface area contributed by atoms with E-state index >= 15 is 0 Å². The predicted molar refractivity (Wildman–Crippen MR) is 218 cm³/mol. The van der Waals surface area contributed by atoms with E-state index in [0.717, 1.165) is 32.7 Å². The minimum Gasteiger partial charge on any atom is -0.493 e. The van der Waals surface area contributed by atoms with Gasteiger partial charge in [0.05, 0.1) is 13.7 Å². The highest BCUT2D eigenvalue weighted by molar-refractivity contribution is 7.13. The number of hydrogen-bond acceptors (Lipinski definition) is 9. The van der Waals surface area contributed by atoms with E-state index in [1.54, 1.807) is 68.5 Å². The Balaban J connectivity index is 1.37. The summed E-state index contributed by atoms with van der Waals surface area (Å²) >= 11 is 14.0. The molecule has 0 saturated heterocycles. The number of thiophene rings is 1. The molecule has 290 valence electrons. The second-order valence-corrected chi connectivity index (χ2v) is 15.9. The Labute approximate surface area is 338 Å². The second kappa shape index (κ2) is 16.7. The first-order valence-electron chi connectivity index (χ1n) is 17.7. The van der Waals surface area contributed by atoms with Gasteiger partial charge in [-0.05, 0) is 116 Å². The van der Waals surface area contributed by atoms with Crippen LogP contribution in [-0.4, -0.2) is 48.2 Å². The van der Waals surface area contributed by atoms with Crippen molar-refractivity contribution >= 4 is 64.1 Å². The van der Waals surface area contributed by atoms with Crippen molar-refractivity contribution in [3.05, 3.63) is 121 Å². The van der Waals surface area contributed by atoms with Crippen LogP contribution in [0.1, 0.15) is 79.9 Å². The van der Waals surface area contributed by atoms with Crippen molar-refractivity contribution in [3.63, 3.8) is 0 Å². The van der Waals surface area contributed by atoms with Crippen LogP contribution in [0.4, 0.5) is 10.5 Å². The zero-order valence-corrected chi connectivity index (χ0v) is 34.0. The maximum Gasteiger partial charge on any atom is 0.407 e. The number of amides is 3. The van der Waals surface area contributed by atoms with Crippen molar-refractivity contribution in [2.75, 3.05) is 19.0 Å². The lowest BCUT2D eigenvalue weighted by molar-refractivity contribution is 0.0522. The van der Waals surface area contributed by atoms with Crippen LogP contribution in [-0.2, 0) is 29.0 Å². The largest absolute Gasteiger partial charge is 0.493 e. The minimum atomic E-state index is -0.808. The molecule has 3 heterocycles. The van der Waals surface area contributed by atoms with Crippen LogP contribution in [0.3, 0.4) is 0 Å². The number of aryl methyl sites for hydroxylation is 2. The molecular weight excluding hydrogens is 775 g/mol. The van der Waals surface area contributed by atoms with E-state index in [-0.39, 0.29) is 35.6 Å². The van der Waals surface area contributed by atoms with Gasteiger partial charge in [-0.2, -0.15) is 0 Å². The molecule has 0 fully saturated rings. The number of aromatic nitrogens is 1. The van der Waals surface area contributed by atoms with Crippen LogP contribution in [0, 0.1) is 13.8 Å². The molecule has 3 amide bonds. The molecule has 3 aromatic carbocycles. The van der Waals surface area contributed by atoms with E-state index in [1.807, 2.05) is 37.4 Å². The zero-order valence-electron chi connectivity index (χ0n) is 31.6. The van der Waals surface area contributed by atoms with Gasteiger partial charge in [-0.15, -0.1) is 11.3 Å². The molecule has 0 radical (unpaired) electrons. The molecule has 0 unspecified atom stereocenters. The minimum absolute atomic E-state index is 0.0555. The van der Waals surface area contributed by atoms with Crippen molar-refractivity contribution < 1.29 is 33.4 Å². The van der Waals surface area contributed by atoms with E-state index in [0.29, 0.717) is 45.6 Å². The number of hydrogen-bond donors (Lipinski definition) is 3. The number of fused-ring (bicyclic) bond motifs is 3. The topological polar surface area (TPSA) is 145 Å². The predicted octanol–water partition coefficient (Wildman–Crippen LogP) is 9.33. The number of halogens is 2. The van der Waals surface area contributed by atoms with Crippen molar-refractivity contribution in [1.29, 1.82) is 0 Å². The molecule has 6 rings (SSSR count). The molecule has 1 aliphatic heterocycles. The maximum atomic E-state index is 14.5. The van der Waals surface area contributed by atoms with Crippen LogP contribution in [0.15, 0.2) is 66.0 Å². The smallest absolute Gasteiger partial charge is 0.407 e. The first kappa shape index (κ1) is 40.2. The maximum absolute atomic E-state index is 14.5. The summed E-state index contributed by atoms with van der Waals surface area (Å²) < 4.78 is 16.7. The third-order valence-corrected chi connectivity index (χ3v) is 10.5. The average molecular weight is 816 g/mol. The number of nitrogens with zero attached hydrogens (tertiary/aromatic N) is 1. The van der Waals surface area contributed by atoms with Crippen molar-refractivity contribution in [2.24, 2.45) is 0 Å². The number of methoxy groups -OCH3 is 1. The number of carbonyl (C=O) groups is 4. The second-order valence-electron chi connectivity index (χ2n) is 14.2. The number of ether oxygens (including phenoxy) is 3. The van der Waals surface area contributed by atoms with Crippen molar-refractivity contribution in [3.8, 4) is 27.3 Å². The first-order chi connectivity index (χ1) is 26.6. The van der Waals surface area contributed by atoms with Crippen LogP contribution < -0.4 is 20.7 Å². The number of pyridine rings is 1. The van der Waals surface area contributed by atoms with E-state index < -0.39 is 29.5 Å². The molecule has 56 heavy (non-hydrogen) atoms. The Morgan fingerprint density at radius 2 is 1.62 bits per heavy atom. The fourth-order valence-electron chi connectivity index (χ4n) is 6.35. The highest BCUT2D eigenvalue weighted by atomic mass is 35.5. The number of alkyl carbamates (subject to hydrolysis) is 1. The van der Waals surface area contributed by atoms with Gasteiger partial charge < -0.3 is 30.2 Å². The number of rotatable bonds is 9. The van der Waals surface area contributed by atoms with Crippen LogP contribution >= 0.6 is 34.5 Å². The molecule has 2 aromatic heterocycles. The number of anilines is 1. The summed E-state index contributed by atoms with van der Waals surface area (Å²) in [7, 11) is 1.21. The van der Waals surface area contributed by atoms with Gasteiger partial charge in [0.2, 0.25) is 0 Å². The number of benzene rings is 3. The molecule has 1 aliphatic rings. The van der Waals surface area contributed by atoms with E-state index in [9.17, 15) is 19.2 Å². The third kappa shape index (κ3) is 9.15. The summed E-state index contributed by atoms with van der Waals surface area (Å²) in [6.45, 7) is 9.82.